The Morgan fingerprint density at radius 2 is 2.13 bits per heavy atom. The van der Waals surface area contributed by atoms with Gasteiger partial charge in [0.15, 0.2) is 0 Å². The topological polar surface area (TPSA) is 58.8 Å². The van der Waals surface area contributed by atoms with Crippen molar-refractivity contribution < 1.29 is 9.53 Å². The van der Waals surface area contributed by atoms with Crippen LogP contribution in [0.1, 0.15) is 25.3 Å². The third-order valence-corrected chi connectivity index (χ3v) is 4.68. The van der Waals surface area contributed by atoms with Crippen molar-refractivity contribution in [2.75, 3.05) is 33.3 Å². The van der Waals surface area contributed by atoms with Crippen molar-refractivity contribution in [3.63, 3.8) is 0 Å². The SMILES string of the molecule is CCN(Cc1ccccc1)C(=O)CN1CCC(OC)CC1CN. The summed E-state index contributed by atoms with van der Waals surface area (Å²) < 4.78 is 5.45. The van der Waals surface area contributed by atoms with E-state index in [0.717, 1.165) is 31.5 Å². The quantitative estimate of drug-likeness (QED) is 0.827. The number of carbonyl (C=O) groups is 1. The Kier molecular flexibility index (Phi) is 7.02. The lowest BCUT2D eigenvalue weighted by Gasteiger charge is -2.38. The van der Waals surface area contributed by atoms with Gasteiger partial charge in [0.1, 0.15) is 0 Å². The minimum absolute atomic E-state index is 0.172. The molecular formula is C18H29N3O2. The lowest BCUT2D eigenvalue weighted by molar-refractivity contribution is -0.134. The zero-order valence-corrected chi connectivity index (χ0v) is 14.3. The van der Waals surface area contributed by atoms with Gasteiger partial charge in [-0.1, -0.05) is 30.3 Å². The molecule has 1 aromatic rings. The molecule has 0 aliphatic carbocycles. The number of rotatable bonds is 7. The smallest absolute Gasteiger partial charge is 0.237 e. The number of nitrogens with two attached hydrogens (primary N) is 1. The Hall–Kier alpha value is -1.43. The second kappa shape index (κ2) is 9.01. The van der Waals surface area contributed by atoms with Crippen LogP contribution in [0, 0.1) is 0 Å². The first-order chi connectivity index (χ1) is 11.2. The van der Waals surface area contributed by atoms with Gasteiger partial charge < -0.3 is 15.4 Å². The summed E-state index contributed by atoms with van der Waals surface area (Å²) in [6.45, 7) is 5.29. The second-order valence-corrected chi connectivity index (χ2v) is 6.14. The summed E-state index contributed by atoms with van der Waals surface area (Å²) in [6.07, 6.45) is 2.14. The maximum atomic E-state index is 12.7. The van der Waals surface area contributed by atoms with Crippen LogP contribution in [0.15, 0.2) is 30.3 Å². The third kappa shape index (κ3) is 5.03. The fourth-order valence-electron chi connectivity index (χ4n) is 3.18. The van der Waals surface area contributed by atoms with Crippen molar-refractivity contribution in [2.45, 2.75) is 38.5 Å². The number of nitrogens with zero attached hydrogens (tertiary/aromatic N) is 2. The number of methoxy groups -OCH3 is 1. The van der Waals surface area contributed by atoms with Crippen molar-refractivity contribution in [2.24, 2.45) is 5.73 Å². The molecule has 23 heavy (non-hydrogen) atoms. The summed E-state index contributed by atoms with van der Waals surface area (Å²) in [6, 6.07) is 10.4. The van der Waals surface area contributed by atoms with Gasteiger partial charge in [-0.05, 0) is 25.3 Å². The number of piperidine rings is 1. The van der Waals surface area contributed by atoms with Crippen molar-refractivity contribution in [1.29, 1.82) is 0 Å². The molecule has 2 rings (SSSR count). The number of hydrogen-bond donors (Lipinski definition) is 1. The Morgan fingerprint density at radius 1 is 1.39 bits per heavy atom. The van der Waals surface area contributed by atoms with E-state index < -0.39 is 0 Å². The molecule has 0 spiro atoms. The van der Waals surface area contributed by atoms with Crippen LogP contribution >= 0.6 is 0 Å². The Balaban J connectivity index is 1.93. The molecule has 0 radical (unpaired) electrons. The lowest BCUT2D eigenvalue weighted by Crippen LogP contribution is -2.52. The molecule has 1 aromatic carbocycles. The minimum atomic E-state index is 0.172. The molecule has 0 bridgehead atoms. The molecule has 0 aromatic heterocycles. The third-order valence-electron chi connectivity index (χ3n) is 4.68. The normalized spacial score (nSPS) is 22.0. The number of carbonyl (C=O) groups excluding carboxylic acids is 1. The summed E-state index contributed by atoms with van der Waals surface area (Å²) in [5.74, 6) is 0.172. The highest BCUT2D eigenvalue weighted by atomic mass is 16.5. The molecule has 1 aliphatic rings. The minimum Gasteiger partial charge on any atom is -0.381 e. The summed E-state index contributed by atoms with van der Waals surface area (Å²) >= 11 is 0. The van der Waals surface area contributed by atoms with Crippen molar-refractivity contribution in [3.05, 3.63) is 35.9 Å². The second-order valence-electron chi connectivity index (χ2n) is 6.14. The van der Waals surface area contributed by atoms with Crippen molar-refractivity contribution in [1.82, 2.24) is 9.80 Å². The molecular weight excluding hydrogens is 290 g/mol. The van der Waals surface area contributed by atoms with Crippen LogP contribution < -0.4 is 5.73 Å². The zero-order valence-electron chi connectivity index (χ0n) is 14.3. The number of benzene rings is 1. The van der Waals surface area contributed by atoms with E-state index in [0.29, 0.717) is 19.6 Å². The van der Waals surface area contributed by atoms with Gasteiger partial charge >= 0.3 is 0 Å². The highest BCUT2D eigenvalue weighted by Crippen LogP contribution is 2.19. The van der Waals surface area contributed by atoms with Crippen LogP contribution in [0.5, 0.6) is 0 Å². The van der Waals surface area contributed by atoms with Gasteiger partial charge in [-0.3, -0.25) is 9.69 Å². The van der Waals surface area contributed by atoms with E-state index in [2.05, 4.69) is 17.0 Å². The monoisotopic (exact) mass is 319 g/mol. The van der Waals surface area contributed by atoms with E-state index >= 15 is 0 Å². The molecule has 2 unspecified atom stereocenters. The van der Waals surface area contributed by atoms with Crippen LogP contribution in [0.25, 0.3) is 0 Å². The predicted octanol–water partition coefficient (Wildman–Crippen LogP) is 1.47. The average Bonchev–Trinajstić information content (AvgIpc) is 2.60. The molecule has 0 saturated carbocycles. The van der Waals surface area contributed by atoms with Gasteiger partial charge in [-0.2, -0.15) is 0 Å². The van der Waals surface area contributed by atoms with E-state index in [-0.39, 0.29) is 18.1 Å². The number of amides is 1. The van der Waals surface area contributed by atoms with E-state index in [1.165, 1.54) is 0 Å². The maximum absolute atomic E-state index is 12.7. The fraction of sp³-hybridized carbons (Fsp3) is 0.611. The van der Waals surface area contributed by atoms with Gasteiger partial charge in [0.25, 0.3) is 0 Å². The van der Waals surface area contributed by atoms with Crippen LogP contribution in [0.4, 0.5) is 0 Å². The molecule has 1 amide bonds. The van der Waals surface area contributed by atoms with Crippen LogP contribution in [0.3, 0.4) is 0 Å². The van der Waals surface area contributed by atoms with Crippen LogP contribution in [0.2, 0.25) is 0 Å². The summed E-state index contributed by atoms with van der Waals surface area (Å²) in [4.78, 5) is 16.8. The molecule has 5 nitrogen and oxygen atoms in total. The van der Waals surface area contributed by atoms with E-state index in [4.69, 9.17) is 10.5 Å². The van der Waals surface area contributed by atoms with E-state index in [1.807, 2.05) is 30.0 Å². The van der Waals surface area contributed by atoms with Crippen LogP contribution in [-0.2, 0) is 16.1 Å². The first-order valence-electron chi connectivity index (χ1n) is 8.46. The number of ether oxygens (including phenoxy) is 1. The fourth-order valence-corrected chi connectivity index (χ4v) is 3.18. The Morgan fingerprint density at radius 3 is 2.74 bits per heavy atom. The highest BCUT2D eigenvalue weighted by Gasteiger charge is 2.29. The first kappa shape index (κ1) is 17.9. The van der Waals surface area contributed by atoms with E-state index in [1.54, 1.807) is 7.11 Å². The number of likely N-dealkylation sites (tertiary alicyclic amines) is 1. The van der Waals surface area contributed by atoms with Crippen LogP contribution in [-0.4, -0.2) is 61.1 Å². The molecule has 2 atom stereocenters. The van der Waals surface area contributed by atoms with Crippen molar-refractivity contribution >= 4 is 5.91 Å². The molecule has 5 heteroatoms. The summed E-state index contributed by atoms with van der Waals surface area (Å²) in [7, 11) is 1.75. The summed E-state index contributed by atoms with van der Waals surface area (Å²) in [5.41, 5.74) is 7.06. The maximum Gasteiger partial charge on any atom is 0.237 e. The van der Waals surface area contributed by atoms with Gasteiger partial charge in [-0.15, -0.1) is 0 Å². The average molecular weight is 319 g/mol. The molecule has 1 saturated heterocycles. The number of likely N-dealkylation sites (N-methyl/N-ethyl adjacent to an activating group) is 1. The standard InChI is InChI=1S/C18H29N3O2/c1-3-20(13-15-7-5-4-6-8-15)18(22)14-21-10-9-17(23-2)11-16(21)12-19/h4-8,16-17H,3,9-14,19H2,1-2H3. The molecule has 2 N–H and O–H groups in total. The molecule has 1 heterocycles. The van der Waals surface area contributed by atoms with E-state index in [9.17, 15) is 4.79 Å². The molecule has 128 valence electrons. The largest absolute Gasteiger partial charge is 0.381 e. The summed E-state index contributed by atoms with van der Waals surface area (Å²) in [5, 5.41) is 0. The number of hydrogen-bond acceptors (Lipinski definition) is 4. The van der Waals surface area contributed by atoms with Gasteiger partial charge in [0.2, 0.25) is 5.91 Å². The first-order valence-corrected chi connectivity index (χ1v) is 8.46. The Labute approximate surface area is 139 Å². The molecule has 1 aliphatic heterocycles. The van der Waals surface area contributed by atoms with Gasteiger partial charge in [-0.25, -0.2) is 0 Å². The van der Waals surface area contributed by atoms with Gasteiger partial charge in [0.05, 0.1) is 12.6 Å². The predicted molar refractivity (Wildman–Crippen MR) is 92.0 cm³/mol. The lowest BCUT2D eigenvalue weighted by atomic mass is 9.99. The highest BCUT2D eigenvalue weighted by molar-refractivity contribution is 5.78. The van der Waals surface area contributed by atoms with Crippen molar-refractivity contribution in [3.8, 4) is 0 Å². The zero-order chi connectivity index (χ0) is 16.7. The van der Waals surface area contributed by atoms with Gasteiger partial charge in [0, 0.05) is 39.3 Å². The Bertz CT molecular complexity index is 480. The molecule has 1 fully saturated rings.